The zero-order valence-electron chi connectivity index (χ0n) is 15.2. The van der Waals surface area contributed by atoms with Crippen LogP contribution in [-0.2, 0) is 10.2 Å². The second-order valence-corrected chi connectivity index (χ2v) is 7.72. The Morgan fingerprint density at radius 3 is 2.29 bits per heavy atom. The first kappa shape index (κ1) is 17.0. The van der Waals surface area contributed by atoms with E-state index in [4.69, 9.17) is 4.74 Å². The molecule has 1 N–H and O–H groups in total. The molecule has 0 bridgehead atoms. The van der Waals surface area contributed by atoms with Gasteiger partial charge in [0.1, 0.15) is 18.1 Å². The third kappa shape index (κ3) is 2.94. The van der Waals surface area contributed by atoms with Gasteiger partial charge in [-0.1, -0.05) is 69.3 Å². The van der Waals surface area contributed by atoms with Crippen molar-refractivity contribution in [3.8, 4) is 5.75 Å². The lowest BCUT2D eigenvalue weighted by Gasteiger charge is -2.26. The van der Waals surface area contributed by atoms with Crippen molar-refractivity contribution < 1.29 is 9.84 Å². The number of nitrogens with zero attached hydrogens (tertiary/aromatic N) is 1. The number of hydrogen-bond acceptors (Lipinski definition) is 3. The molecule has 0 saturated carbocycles. The number of likely N-dealkylation sites (N-methyl/N-ethyl adjacent to an activating group) is 1. The number of hydrogen-bond donors (Lipinski definition) is 1. The van der Waals surface area contributed by atoms with Crippen LogP contribution in [0.15, 0.2) is 48.5 Å². The van der Waals surface area contributed by atoms with Gasteiger partial charge in [0.25, 0.3) is 0 Å². The molecule has 2 aromatic rings. The van der Waals surface area contributed by atoms with Gasteiger partial charge in [0.15, 0.2) is 0 Å². The van der Waals surface area contributed by atoms with Crippen LogP contribution in [0, 0.1) is 0 Å². The molecule has 0 aromatic heterocycles. The summed E-state index contributed by atoms with van der Waals surface area (Å²) in [5.74, 6) is 0.350. The van der Waals surface area contributed by atoms with E-state index in [1.165, 1.54) is 5.56 Å². The Bertz CT molecular complexity index is 706. The Hall–Kier alpha value is -1.84. The lowest BCUT2D eigenvalue weighted by atomic mass is 9.85. The molecule has 2 aromatic carbocycles. The Labute approximate surface area is 144 Å². The van der Waals surface area contributed by atoms with Crippen molar-refractivity contribution in [2.24, 2.45) is 0 Å². The van der Waals surface area contributed by atoms with Crippen LogP contribution in [0.2, 0.25) is 0 Å². The van der Waals surface area contributed by atoms with Gasteiger partial charge in [-0.05, 0) is 30.5 Å². The highest BCUT2D eigenvalue weighted by molar-refractivity contribution is 5.45. The van der Waals surface area contributed by atoms with Crippen molar-refractivity contribution in [3.05, 3.63) is 65.2 Å². The molecule has 0 unspecified atom stereocenters. The summed E-state index contributed by atoms with van der Waals surface area (Å²) < 4.78 is 6.37. The third-order valence-electron chi connectivity index (χ3n) is 5.00. The van der Waals surface area contributed by atoms with Gasteiger partial charge >= 0.3 is 0 Å². The highest BCUT2D eigenvalue weighted by Gasteiger charge is 2.40. The van der Waals surface area contributed by atoms with E-state index in [0.29, 0.717) is 5.75 Å². The Balaban J connectivity index is 1.97. The van der Waals surface area contributed by atoms with Crippen LogP contribution in [0.3, 0.4) is 0 Å². The predicted octanol–water partition coefficient (Wildman–Crippen LogP) is 4.78. The fourth-order valence-electron chi connectivity index (χ4n) is 3.43. The van der Waals surface area contributed by atoms with Gasteiger partial charge in [0.2, 0.25) is 0 Å². The number of aromatic hydroxyl groups is 1. The third-order valence-corrected chi connectivity index (χ3v) is 5.00. The minimum atomic E-state index is -0.243. The molecule has 3 rings (SSSR count). The van der Waals surface area contributed by atoms with E-state index < -0.39 is 0 Å². The summed E-state index contributed by atoms with van der Waals surface area (Å²) in [6.07, 6.45) is -0.244. The summed E-state index contributed by atoms with van der Waals surface area (Å²) in [6.45, 7) is 8.50. The monoisotopic (exact) mass is 325 g/mol. The van der Waals surface area contributed by atoms with Crippen molar-refractivity contribution in [3.63, 3.8) is 0 Å². The number of rotatable bonds is 2. The van der Waals surface area contributed by atoms with Gasteiger partial charge in [0, 0.05) is 11.6 Å². The standard InChI is InChI=1S/C21H27NO2/c1-14-19(15-10-7-6-8-11-15)24-20(22(14)5)16-12-9-13-17(18(16)23)21(2,3)4/h6-14,19-20,23H,1-5H3/t14-,19+,20-/m0/s1. The van der Waals surface area contributed by atoms with Gasteiger partial charge in [-0.25, -0.2) is 0 Å². The molecule has 0 amide bonds. The van der Waals surface area contributed by atoms with Crippen molar-refractivity contribution in [1.82, 2.24) is 4.90 Å². The molecule has 0 spiro atoms. The Morgan fingerprint density at radius 1 is 1.00 bits per heavy atom. The zero-order chi connectivity index (χ0) is 17.5. The smallest absolute Gasteiger partial charge is 0.141 e. The van der Waals surface area contributed by atoms with E-state index in [1.807, 2.05) is 36.4 Å². The van der Waals surface area contributed by atoms with E-state index in [1.54, 1.807) is 0 Å². The SMILES string of the molecule is C[C@H]1[C@H](c2ccccc2)O[C@@H](c2cccc(C(C)(C)C)c2O)N1C. The molecule has 24 heavy (non-hydrogen) atoms. The number of phenols is 1. The number of ether oxygens (including phenoxy) is 1. The number of para-hydroxylation sites is 1. The first-order valence-electron chi connectivity index (χ1n) is 8.55. The molecule has 3 nitrogen and oxygen atoms in total. The van der Waals surface area contributed by atoms with Gasteiger partial charge in [-0.3, -0.25) is 4.90 Å². The molecule has 1 saturated heterocycles. The minimum absolute atomic E-state index is 0.00103. The van der Waals surface area contributed by atoms with Crippen molar-refractivity contribution in [1.29, 1.82) is 0 Å². The first-order valence-corrected chi connectivity index (χ1v) is 8.55. The predicted molar refractivity (Wildman–Crippen MR) is 97.0 cm³/mol. The lowest BCUT2D eigenvalue weighted by Crippen LogP contribution is -2.27. The first-order chi connectivity index (χ1) is 11.3. The molecule has 1 aliphatic heterocycles. The number of benzene rings is 2. The molecular formula is C21H27NO2. The molecule has 0 radical (unpaired) electrons. The molecule has 128 valence electrons. The molecule has 1 fully saturated rings. The van der Waals surface area contributed by atoms with Gasteiger partial charge in [-0.2, -0.15) is 0 Å². The van der Waals surface area contributed by atoms with Crippen LogP contribution >= 0.6 is 0 Å². The van der Waals surface area contributed by atoms with Crippen LogP contribution in [0.5, 0.6) is 5.75 Å². The average Bonchev–Trinajstić information content (AvgIpc) is 2.83. The fraction of sp³-hybridized carbons (Fsp3) is 0.429. The second-order valence-electron chi connectivity index (χ2n) is 7.72. The molecule has 1 heterocycles. The van der Waals surface area contributed by atoms with Crippen LogP contribution in [0.25, 0.3) is 0 Å². The van der Waals surface area contributed by atoms with E-state index >= 15 is 0 Å². The molecule has 0 aliphatic carbocycles. The van der Waals surface area contributed by atoms with Gasteiger partial charge in [0.05, 0.1) is 0 Å². The Morgan fingerprint density at radius 2 is 1.67 bits per heavy atom. The maximum Gasteiger partial charge on any atom is 0.141 e. The van der Waals surface area contributed by atoms with Gasteiger partial charge < -0.3 is 9.84 Å². The summed E-state index contributed by atoms with van der Waals surface area (Å²) in [7, 11) is 2.06. The van der Waals surface area contributed by atoms with E-state index in [9.17, 15) is 5.11 Å². The van der Waals surface area contributed by atoms with E-state index in [2.05, 4.69) is 51.8 Å². The molecular weight excluding hydrogens is 298 g/mol. The van der Waals surface area contributed by atoms with Crippen molar-refractivity contribution in [2.75, 3.05) is 7.05 Å². The van der Waals surface area contributed by atoms with Crippen molar-refractivity contribution >= 4 is 0 Å². The van der Waals surface area contributed by atoms with Crippen LogP contribution in [0.4, 0.5) is 0 Å². The summed E-state index contributed by atoms with van der Waals surface area (Å²) in [4.78, 5) is 2.19. The van der Waals surface area contributed by atoms with E-state index in [0.717, 1.165) is 11.1 Å². The molecule has 3 atom stereocenters. The van der Waals surface area contributed by atoms with Gasteiger partial charge in [-0.15, -0.1) is 0 Å². The van der Waals surface area contributed by atoms with Crippen LogP contribution < -0.4 is 0 Å². The summed E-state index contributed by atoms with van der Waals surface area (Å²) >= 11 is 0. The average molecular weight is 325 g/mol. The quantitative estimate of drug-likeness (QED) is 0.862. The highest BCUT2D eigenvalue weighted by atomic mass is 16.5. The minimum Gasteiger partial charge on any atom is -0.507 e. The van der Waals surface area contributed by atoms with Crippen molar-refractivity contribution in [2.45, 2.75) is 51.5 Å². The second kappa shape index (κ2) is 6.23. The fourth-order valence-corrected chi connectivity index (χ4v) is 3.43. The maximum absolute atomic E-state index is 10.8. The normalized spacial score (nSPS) is 25.1. The summed E-state index contributed by atoms with van der Waals surface area (Å²) in [5.41, 5.74) is 2.86. The largest absolute Gasteiger partial charge is 0.507 e. The summed E-state index contributed by atoms with van der Waals surface area (Å²) in [6, 6.07) is 16.5. The molecule has 3 heteroatoms. The van der Waals surface area contributed by atoms with E-state index in [-0.39, 0.29) is 23.8 Å². The van der Waals surface area contributed by atoms with Crippen LogP contribution in [-0.4, -0.2) is 23.1 Å². The lowest BCUT2D eigenvalue weighted by molar-refractivity contribution is 0.00405. The number of phenolic OH excluding ortho intramolecular Hbond substituents is 1. The Kier molecular flexibility index (Phi) is 4.41. The zero-order valence-corrected chi connectivity index (χ0v) is 15.2. The molecule has 1 aliphatic rings. The van der Waals surface area contributed by atoms with Crippen LogP contribution in [0.1, 0.15) is 56.7 Å². The maximum atomic E-state index is 10.8. The highest BCUT2D eigenvalue weighted by Crippen LogP contribution is 2.45. The topological polar surface area (TPSA) is 32.7 Å². The summed E-state index contributed by atoms with van der Waals surface area (Å²) in [5, 5.41) is 10.8.